The number of carbonyl (C=O) groups excluding carboxylic acids is 1. The zero-order chi connectivity index (χ0) is 20.1. The third kappa shape index (κ3) is 4.57. The number of non-ortho nitro benzene ring substituents is 1. The number of nitrogens with one attached hydrogen (secondary N) is 1. The number of halogens is 1. The standard InChI is InChI=1S/C20H15ClN2O5/c1-27-18-4-2-3-5-19(18)28-17-11-15(10-16(12-17)23(25)26)22-20(24)13-6-8-14(21)9-7-13/h2-12H,1H3,(H,22,24). The van der Waals surface area contributed by atoms with Crippen molar-refractivity contribution in [2.75, 3.05) is 12.4 Å². The molecule has 7 nitrogen and oxygen atoms in total. The average molecular weight is 399 g/mol. The summed E-state index contributed by atoms with van der Waals surface area (Å²) in [5.74, 6) is 0.617. The Morgan fingerprint density at radius 1 is 1.04 bits per heavy atom. The predicted molar refractivity (Wildman–Crippen MR) is 106 cm³/mol. The van der Waals surface area contributed by atoms with Crippen molar-refractivity contribution in [3.05, 3.63) is 87.4 Å². The van der Waals surface area contributed by atoms with Crippen LogP contribution in [0.1, 0.15) is 10.4 Å². The summed E-state index contributed by atoms with van der Waals surface area (Å²) in [5, 5.41) is 14.4. The van der Waals surface area contributed by atoms with Crippen LogP contribution in [0.2, 0.25) is 5.02 Å². The summed E-state index contributed by atoms with van der Waals surface area (Å²) in [5.41, 5.74) is 0.362. The molecule has 0 spiro atoms. The fourth-order valence-corrected chi connectivity index (χ4v) is 2.58. The van der Waals surface area contributed by atoms with Crippen LogP contribution in [0.5, 0.6) is 17.2 Å². The summed E-state index contributed by atoms with van der Waals surface area (Å²) in [6.07, 6.45) is 0. The first-order valence-corrected chi connectivity index (χ1v) is 8.51. The van der Waals surface area contributed by atoms with E-state index < -0.39 is 10.8 Å². The summed E-state index contributed by atoms with van der Waals surface area (Å²) in [4.78, 5) is 23.1. The lowest BCUT2D eigenvalue weighted by Gasteiger charge is -2.12. The smallest absolute Gasteiger partial charge is 0.275 e. The highest BCUT2D eigenvalue weighted by atomic mass is 35.5. The Morgan fingerprint density at radius 3 is 2.36 bits per heavy atom. The van der Waals surface area contributed by atoms with E-state index >= 15 is 0 Å². The Labute approximate surface area is 165 Å². The predicted octanol–water partition coefficient (Wildman–Crippen LogP) is 5.30. The largest absolute Gasteiger partial charge is 0.493 e. The number of hydrogen-bond donors (Lipinski definition) is 1. The lowest BCUT2D eigenvalue weighted by atomic mass is 10.2. The molecule has 8 heteroatoms. The third-order valence-electron chi connectivity index (χ3n) is 3.76. The highest BCUT2D eigenvalue weighted by molar-refractivity contribution is 6.30. The molecule has 0 aliphatic rings. The van der Waals surface area contributed by atoms with E-state index in [2.05, 4.69) is 5.32 Å². The minimum Gasteiger partial charge on any atom is -0.493 e. The van der Waals surface area contributed by atoms with Crippen molar-refractivity contribution in [1.29, 1.82) is 0 Å². The SMILES string of the molecule is COc1ccccc1Oc1cc(NC(=O)c2ccc(Cl)cc2)cc([N+](=O)[O-])c1. The van der Waals surface area contributed by atoms with Gasteiger partial charge in [-0.25, -0.2) is 0 Å². The molecule has 0 aliphatic heterocycles. The number of rotatable bonds is 6. The number of benzene rings is 3. The molecule has 1 N–H and O–H groups in total. The second-order valence-corrected chi connectivity index (χ2v) is 6.12. The number of nitro benzene ring substituents is 1. The normalized spacial score (nSPS) is 10.2. The Hall–Kier alpha value is -3.58. The maximum atomic E-state index is 12.4. The van der Waals surface area contributed by atoms with Crippen LogP contribution in [-0.2, 0) is 0 Å². The first kappa shape index (κ1) is 19.2. The van der Waals surface area contributed by atoms with Gasteiger partial charge in [-0.2, -0.15) is 0 Å². The molecule has 3 aromatic rings. The number of ether oxygens (including phenoxy) is 2. The molecule has 3 rings (SSSR count). The van der Waals surface area contributed by atoms with Crippen LogP contribution in [0.15, 0.2) is 66.7 Å². The number of amides is 1. The van der Waals surface area contributed by atoms with Crippen LogP contribution in [-0.4, -0.2) is 17.9 Å². The number of carbonyl (C=O) groups is 1. The van der Waals surface area contributed by atoms with Gasteiger partial charge in [0.05, 0.1) is 23.8 Å². The summed E-state index contributed by atoms with van der Waals surface area (Å²) >= 11 is 5.82. The van der Waals surface area contributed by atoms with Gasteiger partial charge in [0.25, 0.3) is 11.6 Å². The molecule has 0 heterocycles. The van der Waals surface area contributed by atoms with Gasteiger partial charge in [-0.15, -0.1) is 0 Å². The lowest BCUT2D eigenvalue weighted by molar-refractivity contribution is -0.384. The van der Waals surface area contributed by atoms with Crippen LogP contribution >= 0.6 is 11.6 Å². The van der Waals surface area contributed by atoms with E-state index in [4.69, 9.17) is 21.1 Å². The molecule has 0 aromatic heterocycles. The van der Waals surface area contributed by atoms with Gasteiger partial charge in [-0.3, -0.25) is 14.9 Å². The van der Waals surface area contributed by atoms with Gasteiger partial charge in [0.2, 0.25) is 0 Å². The van der Waals surface area contributed by atoms with E-state index in [-0.39, 0.29) is 17.1 Å². The first-order chi connectivity index (χ1) is 13.5. The molecular weight excluding hydrogens is 384 g/mol. The topological polar surface area (TPSA) is 90.7 Å². The second-order valence-electron chi connectivity index (χ2n) is 5.69. The molecule has 0 bridgehead atoms. The molecule has 3 aromatic carbocycles. The van der Waals surface area contributed by atoms with Crippen molar-refractivity contribution in [3.8, 4) is 17.2 Å². The summed E-state index contributed by atoms with van der Waals surface area (Å²) in [6.45, 7) is 0. The summed E-state index contributed by atoms with van der Waals surface area (Å²) in [6, 6.07) is 17.2. The molecule has 142 valence electrons. The van der Waals surface area contributed by atoms with Crippen LogP contribution in [0, 0.1) is 10.1 Å². The minimum atomic E-state index is -0.562. The number of nitrogens with zero attached hydrogens (tertiary/aromatic N) is 1. The van der Waals surface area contributed by atoms with Crippen molar-refractivity contribution < 1.29 is 19.2 Å². The van der Waals surface area contributed by atoms with Gasteiger partial charge in [-0.05, 0) is 36.4 Å². The highest BCUT2D eigenvalue weighted by Gasteiger charge is 2.15. The van der Waals surface area contributed by atoms with Crippen LogP contribution < -0.4 is 14.8 Å². The molecule has 0 saturated heterocycles. The molecular formula is C20H15ClN2O5. The Bertz CT molecular complexity index is 1020. The van der Waals surface area contributed by atoms with Gasteiger partial charge in [0, 0.05) is 22.7 Å². The number of nitro groups is 1. The minimum absolute atomic E-state index is 0.185. The van der Waals surface area contributed by atoms with Gasteiger partial charge >= 0.3 is 0 Å². The van der Waals surface area contributed by atoms with Gasteiger partial charge in [0.15, 0.2) is 11.5 Å². The molecule has 0 atom stereocenters. The van der Waals surface area contributed by atoms with E-state index in [1.165, 1.54) is 25.3 Å². The number of para-hydroxylation sites is 2. The molecule has 0 fully saturated rings. The molecule has 0 aliphatic carbocycles. The van der Waals surface area contributed by atoms with Crippen molar-refractivity contribution in [3.63, 3.8) is 0 Å². The zero-order valence-electron chi connectivity index (χ0n) is 14.7. The van der Waals surface area contributed by atoms with Crippen molar-refractivity contribution >= 4 is 28.9 Å². The van der Waals surface area contributed by atoms with Crippen molar-refractivity contribution in [1.82, 2.24) is 0 Å². The molecule has 1 amide bonds. The summed E-state index contributed by atoms with van der Waals surface area (Å²) in [7, 11) is 1.49. The first-order valence-electron chi connectivity index (χ1n) is 8.13. The molecule has 28 heavy (non-hydrogen) atoms. The van der Waals surface area contributed by atoms with E-state index in [0.717, 1.165) is 0 Å². The summed E-state index contributed by atoms with van der Waals surface area (Å²) < 4.78 is 11.0. The second kappa shape index (κ2) is 8.41. The zero-order valence-corrected chi connectivity index (χ0v) is 15.5. The van der Waals surface area contributed by atoms with Crippen molar-refractivity contribution in [2.24, 2.45) is 0 Å². The third-order valence-corrected chi connectivity index (χ3v) is 4.02. The number of hydrogen-bond acceptors (Lipinski definition) is 5. The van der Waals surface area contributed by atoms with E-state index in [1.54, 1.807) is 48.5 Å². The molecule has 0 radical (unpaired) electrons. The van der Waals surface area contributed by atoms with E-state index in [1.807, 2.05) is 0 Å². The quantitative estimate of drug-likeness (QED) is 0.449. The van der Waals surface area contributed by atoms with E-state index in [0.29, 0.717) is 22.1 Å². The van der Waals surface area contributed by atoms with Crippen LogP contribution in [0.25, 0.3) is 0 Å². The molecule has 0 saturated carbocycles. The van der Waals surface area contributed by atoms with Crippen LogP contribution in [0.3, 0.4) is 0 Å². The fourth-order valence-electron chi connectivity index (χ4n) is 2.45. The van der Waals surface area contributed by atoms with Gasteiger partial charge in [-0.1, -0.05) is 23.7 Å². The maximum absolute atomic E-state index is 12.4. The maximum Gasteiger partial charge on any atom is 0.275 e. The van der Waals surface area contributed by atoms with Crippen molar-refractivity contribution in [2.45, 2.75) is 0 Å². The average Bonchev–Trinajstić information content (AvgIpc) is 2.68. The Balaban J connectivity index is 1.90. The number of methoxy groups -OCH3 is 1. The van der Waals surface area contributed by atoms with Gasteiger partial charge < -0.3 is 14.8 Å². The lowest BCUT2D eigenvalue weighted by Crippen LogP contribution is -2.12. The monoisotopic (exact) mass is 398 g/mol. The Kier molecular flexibility index (Phi) is 5.76. The molecule has 0 unspecified atom stereocenters. The Morgan fingerprint density at radius 2 is 1.71 bits per heavy atom. The van der Waals surface area contributed by atoms with Crippen LogP contribution in [0.4, 0.5) is 11.4 Å². The van der Waals surface area contributed by atoms with Gasteiger partial charge in [0.1, 0.15) is 5.75 Å². The number of anilines is 1. The van der Waals surface area contributed by atoms with E-state index in [9.17, 15) is 14.9 Å². The fraction of sp³-hybridized carbons (Fsp3) is 0.0500. The highest BCUT2D eigenvalue weighted by Crippen LogP contribution is 2.34.